The highest BCUT2D eigenvalue weighted by atomic mass is 16.5. The third kappa shape index (κ3) is 4.37. The molecule has 0 bridgehead atoms. The number of benzene rings is 2. The van der Waals surface area contributed by atoms with Crippen molar-refractivity contribution in [3.05, 3.63) is 59.8 Å². The van der Waals surface area contributed by atoms with E-state index in [0.717, 1.165) is 0 Å². The third-order valence-electron chi connectivity index (χ3n) is 4.45. The monoisotopic (exact) mass is 424 g/mol. The van der Waals surface area contributed by atoms with Crippen LogP contribution >= 0.6 is 0 Å². The molecule has 3 aromatic rings. The van der Waals surface area contributed by atoms with Gasteiger partial charge in [0.05, 0.1) is 33.1 Å². The van der Waals surface area contributed by atoms with Crippen LogP contribution in [0, 0.1) is 0 Å². The van der Waals surface area contributed by atoms with Gasteiger partial charge in [0.15, 0.2) is 17.2 Å². The maximum atomic E-state index is 12.7. The summed E-state index contributed by atoms with van der Waals surface area (Å²) in [6, 6.07) is 14.1. The minimum absolute atomic E-state index is 0.00205. The lowest BCUT2D eigenvalue weighted by Crippen LogP contribution is -2.15. The molecule has 31 heavy (non-hydrogen) atoms. The first kappa shape index (κ1) is 21.9. The van der Waals surface area contributed by atoms with Crippen LogP contribution in [0.25, 0.3) is 16.9 Å². The Morgan fingerprint density at radius 3 is 2.16 bits per heavy atom. The number of hydrogen-bond acceptors (Lipinski definition) is 7. The lowest BCUT2D eigenvalue weighted by atomic mass is 10.0. The Hall–Kier alpha value is -3.81. The summed E-state index contributed by atoms with van der Waals surface area (Å²) in [5, 5.41) is 4.57. The van der Waals surface area contributed by atoms with E-state index >= 15 is 0 Å². The van der Waals surface area contributed by atoms with Crippen molar-refractivity contribution in [1.29, 1.82) is 0 Å². The second kappa shape index (κ2) is 9.34. The smallest absolute Gasteiger partial charge is 0.357 e. The van der Waals surface area contributed by atoms with Gasteiger partial charge in [0.2, 0.25) is 0 Å². The lowest BCUT2D eigenvalue weighted by Gasteiger charge is -2.14. The average molecular weight is 424 g/mol. The molecule has 0 amide bonds. The highest BCUT2D eigenvalue weighted by Crippen LogP contribution is 2.35. The number of rotatable bonds is 7. The fourth-order valence-corrected chi connectivity index (χ4v) is 3.12. The van der Waals surface area contributed by atoms with Crippen molar-refractivity contribution in [3.8, 4) is 28.4 Å². The van der Waals surface area contributed by atoms with Crippen molar-refractivity contribution in [3.63, 3.8) is 0 Å². The number of carbonyl (C=O) groups is 2. The zero-order valence-corrected chi connectivity index (χ0v) is 18.0. The van der Waals surface area contributed by atoms with E-state index < -0.39 is 11.9 Å². The van der Waals surface area contributed by atoms with Crippen LogP contribution in [0.1, 0.15) is 34.7 Å². The molecule has 0 aliphatic carbocycles. The third-order valence-corrected chi connectivity index (χ3v) is 4.45. The van der Waals surface area contributed by atoms with Crippen LogP contribution in [0.2, 0.25) is 0 Å². The average Bonchev–Trinajstić information content (AvgIpc) is 3.19. The molecule has 0 N–H and O–H groups in total. The Balaban J connectivity index is 2.28. The van der Waals surface area contributed by atoms with Crippen LogP contribution in [0.15, 0.2) is 48.5 Å². The zero-order valence-electron chi connectivity index (χ0n) is 18.0. The molecule has 0 radical (unpaired) electrons. The topological polar surface area (TPSA) is 88.9 Å². The van der Waals surface area contributed by atoms with Gasteiger partial charge in [0.25, 0.3) is 0 Å². The Morgan fingerprint density at radius 1 is 0.903 bits per heavy atom. The summed E-state index contributed by atoms with van der Waals surface area (Å²) in [5.41, 5.74) is 1.36. The zero-order chi connectivity index (χ0) is 22.5. The SMILES string of the molecule is COC(=O)c1c(-c2ccc(OC(C)C)c(OC)c2)nn(-c2ccccc2)c1C(=O)OC. The van der Waals surface area contributed by atoms with Crippen LogP contribution in [0.3, 0.4) is 0 Å². The molecule has 0 spiro atoms. The molecule has 0 aliphatic rings. The number of ether oxygens (including phenoxy) is 4. The second-order valence-electron chi connectivity index (χ2n) is 6.83. The normalized spacial score (nSPS) is 10.6. The summed E-state index contributed by atoms with van der Waals surface area (Å²) in [5.74, 6) is -0.402. The van der Waals surface area contributed by atoms with E-state index in [0.29, 0.717) is 22.7 Å². The Bertz CT molecular complexity index is 1090. The molecule has 0 atom stereocenters. The van der Waals surface area contributed by atoms with Gasteiger partial charge < -0.3 is 18.9 Å². The first-order valence-electron chi connectivity index (χ1n) is 9.61. The molecule has 1 heterocycles. The summed E-state index contributed by atoms with van der Waals surface area (Å²) >= 11 is 0. The summed E-state index contributed by atoms with van der Waals surface area (Å²) in [7, 11) is 4.01. The van der Waals surface area contributed by atoms with E-state index in [9.17, 15) is 9.59 Å². The number of hydrogen-bond donors (Lipinski definition) is 0. The van der Waals surface area contributed by atoms with E-state index in [1.165, 1.54) is 26.0 Å². The van der Waals surface area contributed by atoms with Crippen LogP contribution in [0.5, 0.6) is 11.5 Å². The predicted molar refractivity (Wildman–Crippen MR) is 114 cm³/mol. The molecule has 0 unspecified atom stereocenters. The number of nitrogens with zero attached hydrogens (tertiary/aromatic N) is 2. The van der Waals surface area contributed by atoms with Crippen molar-refractivity contribution in [2.75, 3.05) is 21.3 Å². The molecule has 0 fully saturated rings. The predicted octanol–water partition coefficient (Wildman–Crippen LogP) is 3.91. The van der Waals surface area contributed by atoms with Gasteiger partial charge in [0, 0.05) is 5.56 Å². The minimum Gasteiger partial charge on any atom is -0.493 e. The largest absolute Gasteiger partial charge is 0.493 e. The van der Waals surface area contributed by atoms with E-state index in [4.69, 9.17) is 18.9 Å². The molecule has 8 nitrogen and oxygen atoms in total. The number of carbonyl (C=O) groups excluding carboxylic acids is 2. The van der Waals surface area contributed by atoms with Crippen molar-refractivity contribution >= 4 is 11.9 Å². The quantitative estimate of drug-likeness (QED) is 0.531. The second-order valence-corrected chi connectivity index (χ2v) is 6.83. The van der Waals surface area contributed by atoms with E-state index in [2.05, 4.69) is 5.10 Å². The molecule has 0 saturated carbocycles. The first-order valence-corrected chi connectivity index (χ1v) is 9.61. The number of esters is 2. The van der Waals surface area contributed by atoms with Crippen LogP contribution in [-0.4, -0.2) is 49.2 Å². The molecule has 0 aliphatic heterocycles. The number of para-hydroxylation sites is 1. The van der Waals surface area contributed by atoms with Crippen molar-refractivity contribution < 1.29 is 28.5 Å². The number of methoxy groups -OCH3 is 3. The molecule has 8 heteroatoms. The van der Waals surface area contributed by atoms with Gasteiger partial charge >= 0.3 is 11.9 Å². The maximum Gasteiger partial charge on any atom is 0.357 e. The van der Waals surface area contributed by atoms with Gasteiger partial charge in [-0.15, -0.1) is 0 Å². The number of aromatic nitrogens is 2. The van der Waals surface area contributed by atoms with Gasteiger partial charge in [-0.25, -0.2) is 14.3 Å². The van der Waals surface area contributed by atoms with Crippen molar-refractivity contribution in [1.82, 2.24) is 9.78 Å². The fraction of sp³-hybridized carbons (Fsp3) is 0.261. The molecule has 3 rings (SSSR count). The molecule has 162 valence electrons. The van der Waals surface area contributed by atoms with Crippen LogP contribution in [-0.2, 0) is 9.47 Å². The Kier molecular flexibility index (Phi) is 6.59. The summed E-state index contributed by atoms with van der Waals surface area (Å²) < 4.78 is 22.5. The van der Waals surface area contributed by atoms with Gasteiger partial charge in [-0.2, -0.15) is 5.10 Å². The Morgan fingerprint density at radius 2 is 1.58 bits per heavy atom. The molecular weight excluding hydrogens is 400 g/mol. The lowest BCUT2D eigenvalue weighted by molar-refractivity contribution is 0.0549. The van der Waals surface area contributed by atoms with Crippen molar-refractivity contribution in [2.45, 2.75) is 20.0 Å². The molecular formula is C23H24N2O6. The minimum atomic E-state index is -0.713. The van der Waals surface area contributed by atoms with Gasteiger partial charge in [-0.3, -0.25) is 0 Å². The Labute approximate surface area is 180 Å². The van der Waals surface area contributed by atoms with Crippen molar-refractivity contribution in [2.24, 2.45) is 0 Å². The summed E-state index contributed by atoms with van der Waals surface area (Å²) in [6.07, 6.45) is -0.0476. The highest BCUT2D eigenvalue weighted by Gasteiger charge is 2.31. The molecule has 1 aromatic heterocycles. The summed E-state index contributed by atoms with van der Waals surface area (Å²) in [4.78, 5) is 25.4. The van der Waals surface area contributed by atoms with E-state index in [1.54, 1.807) is 42.5 Å². The maximum absolute atomic E-state index is 12.7. The van der Waals surface area contributed by atoms with Gasteiger partial charge in [-0.05, 0) is 44.2 Å². The first-order chi connectivity index (χ1) is 14.9. The highest BCUT2D eigenvalue weighted by molar-refractivity contribution is 6.06. The van der Waals surface area contributed by atoms with Crippen LogP contribution in [0.4, 0.5) is 0 Å². The molecule has 2 aromatic carbocycles. The summed E-state index contributed by atoms with van der Waals surface area (Å²) in [6.45, 7) is 3.82. The van der Waals surface area contributed by atoms with E-state index in [1.807, 2.05) is 19.9 Å². The van der Waals surface area contributed by atoms with Gasteiger partial charge in [0.1, 0.15) is 11.3 Å². The van der Waals surface area contributed by atoms with Gasteiger partial charge in [-0.1, -0.05) is 18.2 Å². The van der Waals surface area contributed by atoms with E-state index in [-0.39, 0.29) is 23.1 Å². The fourth-order valence-electron chi connectivity index (χ4n) is 3.12. The van der Waals surface area contributed by atoms with Crippen LogP contribution < -0.4 is 9.47 Å². The standard InChI is InChI=1S/C23H24N2O6/c1-14(2)31-17-12-11-15(13-18(17)28-3)20-19(22(26)29-4)21(23(27)30-5)25(24-20)16-9-7-6-8-10-16/h6-14H,1-5H3. The molecule has 0 saturated heterocycles.